The quantitative estimate of drug-likeness (QED) is 0.894. The summed E-state index contributed by atoms with van der Waals surface area (Å²) in [5, 5.41) is 9.56. The van der Waals surface area contributed by atoms with Crippen LogP contribution in [0.1, 0.15) is 31.2 Å². The summed E-state index contributed by atoms with van der Waals surface area (Å²) < 4.78 is 16.9. The molecule has 1 aromatic rings. The van der Waals surface area contributed by atoms with Gasteiger partial charge in [-0.3, -0.25) is 0 Å². The van der Waals surface area contributed by atoms with E-state index in [2.05, 4.69) is 0 Å². The van der Waals surface area contributed by atoms with E-state index in [-0.39, 0.29) is 31.6 Å². The lowest BCUT2D eigenvalue weighted by Crippen LogP contribution is -2.38. The smallest absolute Gasteiger partial charge is 0.410 e. The molecular formula is C18H25NO5. The van der Waals surface area contributed by atoms with E-state index in [4.69, 9.17) is 14.2 Å². The predicted octanol–water partition coefficient (Wildman–Crippen LogP) is 2.30. The number of carbonyl (C=O) groups excluding carboxylic acids is 1. The number of amides is 1. The third kappa shape index (κ3) is 4.47. The van der Waals surface area contributed by atoms with Crippen molar-refractivity contribution in [3.05, 3.63) is 35.9 Å². The lowest BCUT2D eigenvalue weighted by molar-refractivity contribution is -0.185. The number of likely N-dealkylation sites (tertiary alicyclic amines) is 1. The van der Waals surface area contributed by atoms with Gasteiger partial charge in [0.25, 0.3) is 0 Å². The van der Waals surface area contributed by atoms with E-state index in [0.29, 0.717) is 13.0 Å². The molecule has 0 spiro atoms. The molecule has 0 saturated carbocycles. The van der Waals surface area contributed by atoms with E-state index in [1.54, 1.807) is 4.90 Å². The number of carbonyl (C=O) groups is 1. The van der Waals surface area contributed by atoms with Gasteiger partial charge in [-0.25, -0.2) is 4.79 Å². The molecule has 2 heterocycles. The average Bonchev–Trinajstić information content (AvgIpc) is 3.04. The molecule has 1 aromatic carbocycles. The monoisotopic (exact) mass is 335 g/mol. The number of aliphatic hydroxyl groups excluding tert-OH is 1. The lowest BCUT2D eigenvalue weighted by Gasteiger charge is -2.25. The summed E-state index contributed by atoms with van der Waals surface area (Å²) in [7, 11) is 0. The second-order valence-corrected chi connectivity index (χ2v) is 6.32. The van der Waals surface area contributed by atoms with E-state index >= 15 is 0 Å². The van der Waals surface area contributed by atoms with Crippen LogP contribution < -0.4 is 0 Å². The molecule has 3 rings (SSSR count). The Morgan fingerprint density at radius 2 is 2.12 bits per heavy atom. The summed E-state index contributed by atoms with van der Waals surface area (Å²) >= 11 is 0. The van der Waals surface area contributed by atoms with Gasteiger partial charge in [0.05, 0.1) is 25.3 Å². The van der Waals surface area contributed by atoms with Crippen LogP contribution in [0, 0.1) is 0 Å². The Bertz CT molecular complexity index is 517. The Morgan fingerprint density at radius 3 is 2.83 bits per heavy atom. The van der Waals surface area contributed by atoms with Crippen molar-refractivity contribution in [1.29, 1.82) is 0 Å². The molecule has 2 aliphatic heterocycles. The molecule has 2 saturated heterocycles. The van der Waals surface area contributed by atoms with Crippen LogP contribution >= 0.6 is 0 Å². The van der Waals surface area contributed by atoms with Gasteiger partial charge >= 0.3 is 6.09 Å². The fourth-order valence-corrected chi connectivity index (χ4v) is 3.20. The van der Waals surface area contributed by atoms with Gasteiger partial charge in [-0.1, -0.05) is 30.3 Å². The van der Waals surface area contributed by atoms with Crippen molar-refractivity contribution in [2.24, 2.45) is 0 Å². The highest BCUT2D eigenvalue weighted by molar-refractivity contribution is 5.68. The normalized spacial score (nSPS) is 27.2. The van der Waals surface area contributed by atoms with Gasteiger partial charge in [0.15, 0.2) is 6.29 Å². The third-order valence-electron chi connectivity index (χ3n) is 4.51. The van der Waals surface area contributed by atoms with Crippen molar-refractivity contribution in [2.45, 2.75) is 50.7 Å². The Hall–Kier alpha value is -1.63. The Morgan fingerprint density at radius 1 is 1.29 bits per heavy atom. The minimum absolute atomic E-state index is 0.0914. The summed E-state index contributed by atoms with van der Waals surface area (Å²) in [5.74, 6) is 0. The maximum atomic E-state index is 12.3. The zero-order valence-electron chi connectivity index (χ0n) is 13.8. The Kier molecular flexibility index (Phi) is 6.07. The van der Waals surface area contributed by atoms with Crippen molar-refractivity contribution >= 4 is 6.09 Å². The molecule has 0 aliphatic carbocycles. The first-order chi connectivity index (χ1) is 11.8. The van der Waals surface area contributed by atoms with Crippen molar-refractivity contribution in [3.63, 3.8) is 0 Å². The van der Waals surface area contributed by atoms with Crippen LogP contribution in [0.4, 0.5) is 4.79 Å². The first-order valence-corrected chi connectivity index (χ1v) is 8.61. The fourth-order valence-electron chi connectivity index (χ4n) is 3.20. The second-order valence-electron chi connectivity index (χ2n) is 6.32. The topological polar surface area (TPSA) is 68.2 Å². The lowest BCUT2D eigenvalue weighted by atomic mass is 10.2. The molecule has 0 radical (unpaired) electrons. The van der Waals surface area contributed by atoms with E-state index in [9.17, 15) is 9.90 Å². The highest BCUT2D eigenvalue weighted by Gasteiger charge is 2.37. The summed E-state index contributed by atoms with van der Waals surface area (Å²) in [4.78, 5) is 13.9. The molecule has 1 amide bonds. The van der Waals surface area contributed by atoms with E-state index in [1.165, 1.54) is 0 Å². The molecule has 2 fully saturated rings. The molecule has 0 aromatic heterocycles. The number of aliphatic hydroxyl groups is 1. The van der Waals surface area contributed by atoms with E-state index < -0.39 is 6.09 Å². The maximum Gasteiger partial charge on any atom is 0.410 e. The Balaban J connectivity index is 1.50. The largest absolute Gasteiger partial charge is 0.445 e. The summed E-state index contributed by atoms with van der Waals surface area (Å²) in [6.07, 6.45) is 2.95. The number of hydrogen-bond acceptors (Lipinski definition) is 5. The van der Waals surface area contributed by atoms with E-state index in [0.717, 1.165) is 31.4 Å². The maximum absolute atomic E-state index is 12.3. The highest BCUT2D eigenvalue weighted by atomic mass is 16.7. The third-order valence-corrected chi connectivity index (χ3v) is 4.51. The number of rotatable bonds is 5. The minimum atomic E-state index is -0.409. The van der Waals surface area contributed by atoms with Gasteiger partial charge in [0.1, 0.15) is 6.61 Å². The van der Waals surface area contributed by atoms with Gasteiger partial charge in [-0.2, -0.15) is 0 Å². The molecule has 1 unspecified atom stereocenters. The zero-order valence-corrected chi connectivity index (χ0v) is 13.8. The van der Waals surface area contributed by atoms with Crippen molar-refractivity contribution in [2.75, 3.05) is 19.8 Å². The highest BCUT2D eigenvalue weighted by Crippen LogP contribution is 2.25. The number of ether oxygens (including phenoxy) is 3. The van der Waals surface area contributed by atoms with Crippen LogP contribution in [-0.2, 0) is 20.8 Å². The first-order valence-electron chi connectivity index (χ1n) is 8.61. The minimum Gasteiger partial charge on any atom is -0.445 e. The van der Waals surface area contributed by atoms with Gasteiger partial charge in [-0.15, -0.1) is 0 Å². The van der Waals surface area contributed by atoms with E-state index in [1.807, 2.05) is 30.3 Å². The van der Waals surface area contributed by atoms with Crippen LogP contribution in [0.5, 0.6) is 0 Å². The van der Waals surface area contributed by atoms with Gasteiger partial charge in [-0.05, 0) is 31.2 Å². The van der Waals surface area contributed by atoms with Crippen LogP contribution in [-0.4, -0.2) is 54.3 Å². The standard InChI is InChI=1S/C18H25NO5/c20-12-15-10-16(24-17-8-4-5-9-22-17)11-19(15)18(21)23-13-14-6-2-1-3-7-14/h1-3,6-7,15-17,20H,4-5,8-13H2/t15-,16+,17?/m0/s1. The average molecular weight is 335 g/mol. The molecule has 3 atom stereocenters. The second kappa shape index (κ2) is 8.46. The SMILES string of the molecule is O=C(OCc1ccccc1)N1C[C@H](OC2CCCCO2)C[C@H]1CO. The van der Waals surface area contributed by atoms with Gasteiger partial charge in [0, 0.05) is 6.61 Å². The number of hydrogen-bond donors (Lipinski definition) is 1. The van der Waals surface area contributed by atoms with Crippen LogP contribution in [0.25, 0.3) is 0 Å². The molecular weight excluding hydrogens is 310 g/mol. The van der Waals surface area contributed by atoms with Crippen molar-refractivity contribution in [3.8, 4) is 0 Å². The molecule has 24 heavy (non-hydrogen) atoms. The zero-order chi connectivity index (χ0) is 16.8. The fraction of sp³-hybridized carbons (Fsp3) is 0.611. The van der Waals surface area contributed by atoms with Crippen LogP contribution in [0.3, 0.4) is 0 Å². The predicted molar refractivity (Wildman–Crippen MR) is 87.3 cm³/mol. The first kappa shape index (κ1) is 17.2. The van der Waals surface area contributed by atoms with Gasteiger partial charge in [0.2, 0.25) is 0 Å². The summed E-state index contributed by atoms with van der Waals surface area (Å²) in [6.45, 7) is 1.29. The molecule has 2 aliphatic rings. The summed E-state index contributed by atoms with van der Waals surface area (Å²) in [6, 6.07) is 9.29. The van der Waals surface area contributed by atoms with Crippen LogP contribution in [0.15, 0.2) is 30.3 Å². The summed E-state index contributed by atoms with van der Waals surface area (Å²) in [5.41, 5.74) is 0.939. The van der Waals surface area contributed by atoms with Crippen LogP contribution in [0.2, 0.25) is 0 Å². The number of nitrogens with zero attached hydrogens (tertiary/aromatic N) is 1. The van der Waals surface area contributed by atoms with Gasteiger partial charge < -0.3 is 24.2 Å². The van der Waals surface area contributed by atoms with Crippen molar-refractivity contribution in [1.82, 2.24) is 4.90 Å². The molecule has 6 heteroatoms. The number of benzene rings is 1. The Labute approximate surface area is 142 Å². The van der Waals surface area contributed by atoms with Crippen molar-refractivity contribution < 1.29 is 24.1 Å². The molecule has 1 N–H and O–H groups in total. The molecule has 6 nitrogen and oxygen atoms in total. The molecule has 0 bridgehead atoms. The molecule has 132 valence electrons.